The third-order valence-electron chi connectivity index (χ3n) is 8.76. The lowest BCUT2D eigenvalue weighted by Crippen LogP contribution is -2.24. The number of hydrogen-bond donors (Lipinski definition) is 0. The van der Waals surface area contributed by atoms with E-state index in [1.165, 1.54) is 32.0 Å². The van der Waals surface area contributed by atoms with Gasteiger partial charge in [0.05, 0.1) is 11.2 Å². The van der Waals surface area contributed by atoms with E-state index in [1.54, 1.807) is 0 Å². The van der Waals surface area contributed by atoms with E-state index in [2.05, 4.69) is 147 Å². The van der Waals surface area contributed by atoms with Gasteiger partial charge in [0.25, 0.3) is 0 Å². The van der Waals surface area contributed by atoms with Crippen molar-refractivity contribution in [1.29, 1.82) is 0 Å². The van der Waals surface area contributed by atoms with Gasteiger partial charge in [-0.3, -0.25) is 0 Å². The SMILES string of the molecule is CC1(C)c2ccccc2Sc2cccc(-c3ccc(-c4ccccc4-c4nc(-c5ccccc5)c5ccccc5n4)cc3)c21. The van der Waals surface area contributed by atoms with Crippen LogP contribution in [0, 0.1) is 0 Å². The fraction of sp³-hybridized carbons (Fsp3) is 0.0732. The average Bonchev–Trinajstić information content (AvgIpc) is 3.08. The Hall–Kier alpha value is -4.99. The Balaban J connectivity index is 1.22. The monoisotopic (exact) mass is 582 g/mol. The molecule has 2 heterocycles. The Morgan fingerprint density at radius 3 is 1.91 bits per heavy atom. The van der Waals surface area contributed by atoms with Crippen molar-refractivity contribution >= 4 is 22.7 Å². The molecule has 0 saturated carbocycles. The summed E-state index contributed by atoms with van der Waals surface area (Å²) < 4.78 is 0. The molecule has 1 aliphatic rings. The normalized spacial score (nSPS) is 13.3. The first kappa shape index (κ1) is 26.6. The summed E-state index contributed by atoms with van der Waals surface area (Å²) in [5.41, 5.74) is 11.5. The molecule has 1 aromatic heterocycles. The van der Waals surface area contributed by atoms with E-state index in [1.807, 2.05) is 23.9 Å². The summed E-state index contributed by atoms with van der Waals surface area (Å²) >= 11 is 1.88. The Morgan fingerprint density at radius 2 is 1.09 bits per heavy atom. The standard InChI is InChI=1S/C41H30N2S/c1-41(2)34-19-9-11-21-36(34)44-37-22-12-18-31(38(37)41)28-25-23-27(24-26-28)30-15-6-7-16-32(30)40-42-35-20-10-8-17-33(35)39(43-40)29-13-4-3-5-14-29/h3-26H,1-2H3. The molecular weight excluding hydrogens is 553 g/mol. The van der Waals surface area contributed by atoms with E-state index < -0.39 is 0 Å². The van der Waals surface area contributed by atoms with Crippen LogP contribution < -0.4 is 0 Å². The zero-order chi connectivity index (χ0) is 29.7. The molecule has 0 bridgehead atoms. The molecule has 0 saturated heterocycles. The van der Waals surface area contributed by atoms with Gasteiger partial charge in [-0.25, -0.2) is 9.97 Å². The minimum Gasteiger partial charge on any atom is -0.228 e. The summed E-state index contributed by atoms with van der Waals surface area (Å²) in [6, 6.07) is 51.7. The molecule has 6 aromatic carbocycles. The van der Waals surface area contributed by atoms with Gasteiger partial charge < -0.3 is 0 Å². The molecule has 0 fully saturated rings. The fourth-order valence-corrected chi connectivity index (χ4v) is 8.03. The number of fused-ring (bicyclic) bond motifs is 3. The molecule has 8 rings (SSSR count). The van der Waals surface area contributed by atoms with Gasteiger partial charge in [-0.05, 0) is 51.6 Å². The highest BCUT2D eigenvalue weighted by atomic mass is 32.2. The van der Waals surface area contributed by atoms with Gasteiger partial charge in [-0.2, -0.15) is 0 Å². The van der Waals surface area contributed by atoms with Crippen LogP contribution in [0.1, 0.15) is 25.0 Å². The van der Waals surface area contributed by atoms with E-state index in [4.69, 9.17) is 9.97 Å². The van der Waals surface area contributed by atoms with Crippen molar-refractivity contribution in [2.45, 2.75) is 29.1 Å². The number of aromatic nitrogens is 2. The van der Waals surface area contributed by atoms with Crippen LogP contribution >= 0.6 is 11.8 Å². The molecule has 0 aliphatic carbocycles. The molecule has 3 heteroatoms. The van der Waals surface area contributed by atoms with Crippen LogP contribution in [0.25, 0.3) is 55.8 Å². The quantitative estimate of drug-likeness (QED) is 0.206. The van der Waals surface area contributed by atoms with E-state index in [-0.39, 0.29) is 5.41 Å². The van der Waals surface area contributed by atoms with Crippen LogP contribution in [-0.2, 0) is 5.41 Å². The van der Waals surface area contributed by atoms with Gasteiger partial charge >= 0.3 is 0 Å². The molecule has 0 N–H and O–H groups in total. The van der Waals surface area contributed by atoms with Crippen LogP contribution in [0.2, 0.25) is 0 Å². The van der Waals surface area contributed by atoms with E-state index in [0.717, 1.165) is 44.7 Å². The van der Waals surface area contributed by atoms with Crippen LogP contribution in [0.3, 0.4) is 0 Å². The van der Waals surface area contributed by atoms with Crippen molar-refractivity contribution in [3.63, 3.8) is 0 Å². The third kappa shape index (κ3) is 4.44. The highest BCUT2D eigenvalue weighted by Crippen LogP contribution is 2.52. The molecule has 0 unspecified atom stereocenters. The first-order chi connectivity index (χ1) is 21.6. The van der Waals surface area contributed by atoms with Crippen molar-refractivity contribution in [3.05, 3.63) is 157 Å². The summed E-state index contributed by atoms with van der Waals surface area (Å²) in [5.74, 6) is 0.733. The molecule has 0 atom stereocenters. The zero-order valence-corrected chi connectivity index (χ0v) is 25.5. The maximum atomic E-state index is 5.16. The van der Waals surface area contributed by atoms with Gasteiger partial charge in [0, 0.05) is 31.7 Å². The Morgan fingerprint density at radius 1 is 0.477 bits per heavy atom. The predicted octanol–water partition coefficient (Wildman–Crippen LogP) is 11.1. The minimum absolute atomic E-state index is 0.0943. The second-order valence-corrected chi connectivity index (χ2v) is 12.9. The van der Waals surface area contributed by atoms with Crippen molar-refractivity contribution < 1.29 is 0 Å². The summed E-state index contributed by atoms with van der Waals surface area (Å²) in [5, 5.41) is 1.05. The number of para-hydroxylation sites is 1. The van der Waals surface area contributed by atoms with Crippen LogP contribution in [-0.4, -0.2) is 9.97 Å². The number of nitrogens with zero attached hydrogens (tertiary/aromatic N) is 2. The number of hydrogen-bond acceptors (Lipinski definition) is 3. The summed E-state index contributed by atoms with van der Waals surface area (Å²) in [4.78, 5) is 12.9. The molecule has 210 valence electrons. The Bertz CT molecular complexity index is 2160. The minimum atomic E-state index is -0.0943. The van der Waals surface area contributed by atoms with Crippen molar-refractivity contribution in [2.24, 2.45) is 0 Å². The second kappa shape index (κ2) is 10.6. The van der Waals surface area contributed by atoms with E-state index in [9.17, 15) is 0 Å². The maximum Gasteiger partial charge on any atom is 0.161 e. The number of benzene rings is 6. The largest absolute Gasteiger partial charge is 0.228 e. The van der Waals surface area contributed by atoms with Gasteiger partial charge in [0.2, 0.25) is 0 Å². The molecular formula is C41H30N2S. The van der Waals surface area contributed by atoms with Crippen LogP contribution in [0.5, 0.6) is 0 Å². The summed E-state index contributed by atoms with van der Waals surface area (Å²) in [6.45, 7) is 4.71. The van der Waals surface area contributed by atoms with Gasteiger partial charge in [0.1, 0.15) is 0 Å². The number of rotatable bonds is 4. The lowest BCUT2D eigenvalue weighted by molar-refractivity contribution is 0.609. The third-order valence-corrected chi connectivity index (χ3v) is 9.89. The fourth-order valence-electron chi connectivity index (χ4n) is 6.60. The molecule has 1 aliphatic heterocycles. The van der Waals surface area contributed by atoms with Crippen LogP contribution in [0.15, 0.2) is 155 Å². The zero-order valence-electron chi connectivity index (χ0n) is 24.7. The average molecular weight is 583 g/mol. The van der Waals surface area contributed by atoms with Crippen molar-refractivity contribution in [1.82, 2.24) is 9.97 Å². The molecule has 0 amide bonds. The first-order valence-electron chi connectivity index (χ1n) is 15.0. The van der Waals surface area contributed by atoms with Crippen molar-refractivity contribution in [2.75, 3.05) is 0 Å². The first-order valence-corrected chi connectivity index (χ1v) is 15.8. The molecule has 7 aromatic rings. The highest BCUT2D eigenvalue weighted by molar-refractivity contribution is 7.99. The Labute approximate surface area is 262 Å². The topological polar surface area (TPSA) is 25.8 Å². The predicted molar refractivity (Wildman–Crippen MR) is 184 cm³/mol. The smallest absolute Gasteiger partial charge is 0.161 e. The lowest BCUT2D eigenvalue weighted by Gasteiger charge is -2.36. The molecule has 44 heavy (non-hydrogen) atoms. The Kier molecular flexibility index (Phi) is 6.43. The van der Waals surface area contributed by atoms with Gasteiger partial charge in [-0.15, -0.1) is 0 Å². The highest BCUT2D eigenvalue weighted by Gasteiger charge is 2.35. The summed E-state index contributed by atoms with van der Waals surface area (Å²) in [7, 11) is 0. The van der Waals surface area contributed by atoms with Crippen LogP contribution in [0.4, 0.5) is 0 Å². The molecule has 2 nitrogen and oxygen atoms in total. The van der Waals surface area contributed by atoms with E-state index in [0.29, 0.717) is 0 Å². The summed E-state index contributed by atoms with van der Waals surface area (Å²) in [6.07, 6.45) is 0. The van der Waals surface area contributed by atoms with Gasteiger partial charge in [-0.1, -0.05) is 153 Å². The maximum absolute atomic E-state index is 5.16. The molecule has 0 radical (unpaired) electrons. The molecule has 0 spiro atoms. The lowest BCUT2D eigenvalue weighted by atomic mass is 9.74. The van der Waals surface area contributed by atoms with Crippen molar-refractivity contribution in [3.8, 4) is 44.9 Å². The van der Waals surface area contributed by atoms with E-state index >= 15 is 0 Å². The second-order valence-electron chi connectivity index (χ2n) is 11.8. The van der Waals surface area contributed by atoms with Gasteiger partial charge in [0.15, 0.2) is 5.82 Å².